The number of benzene rings is 16. The SMILES string of the molecule is c1ccc(-c2cc(-c3ccc(-c4ccc(-c5ccc6c(c5)oc5ccccc56)c5c4oc4ccccc45)cc3)nc(-c3ccc(-c4cnc(-c5ccccc5)nc4)cc3)n2)cc1.c1ccc(-c2cnc(-c3ccc(-c4nc(-c5ccccc5)cc(-c5ccc(-c6ccc(-c7ccc8c(c7)oc7ccccc78)c7c6oc6ccccc67)cc5)n4)cc3)nc2)cc1. The second-order valence-corrected chi connectivity index (χ2v) is 30.8. The number of furan rings is 4. The molecule has 580 valence electrons. The number of hydrogen-bond acceptors (Lipinski definition) is 12. The molecule has 24 aromatic rings. The summed E-state index contributed by atoms with van der Waals surface area (Å²) in [6.07, 6.45) is 7.48. The highest BCUT2D eigenvalue weighted by Crippen LogP contribution is 2.47. The minimum atomic E-state index is 0.637. The van der Waals surface area contributed by atoms with E-state index in [1.165, 1.54) is 0 Å². The number of aromatic nitrogens is 8. The van der Waals surface area contributed by atoms with Gasteiger partial charge in [0.05, 0.1) is 22.8 Å². The Kier molecular flexibility index (Phi) is 17.9. The first-order valence-corrected chi connectivity index (χ1v) is 41.2. The van der Waals surface area contributed by atoms with E-state index in [4.69, 9.17) is 37.6 Å². The number of nitrogens with zero attached hydrogens (tertiary/aromatic N) is 8. The third-order valence-corrected chi connectivity index (χ3v) is 23.3. The molecule has 0 atom stereocenters. The van der Waals surface area contributed by atoms with Crippen molar-refractivity contribution in [1.82, 2.24) is 39.9 Å². The first kappa shape index (κ1) is 72.3. The van der Waals surface area contributed by atoms with Crippen LogP contribution in [0, 0.1) is 0 Å². The molecule has 0 aliphatic rings. The summed E-state index contributed by atoms with van der Waals surface area (Å²) in [5.41, 5.74) is 30.5. The Bertz CT molecular complexity index is 7680. The maximum Gasteiger partial charge on any atom is 0.160 e. The lowest BCUT2D eigenvalue weighted by Crippen LogP contribution is -1.96. The average Bonchev–Trinajstić information content (AvgIpc) is 1.58. The van der Waals surface area contributed by atoms with Gasteiger partial charge in [-0.3, -0.25) is 0 Å². The van der Waals surface area contributed by atoms with Crippen LogP contribution in [-0.2, 0) is 0 Å². The van der Waals surface area contributed by atoms with E-state index in [2.05, 4.69) is 238 Å². The van der Waals surface area contributed by atoms with E-state index in [0.29, 0.717) is 23.3 Å². The highest BCUT2D eigenvalue weighted by atomic mass is 16.3. The summed E-state index contributed by atoms with van der Waals surface area (Å²) in [7, 11) is 0. The van der Waals surface area contributed by atoms with Crippen LogP contribution in [-0.4, -0.2) is 39.9 Å². The predicted octanol–water partition coefficient (Wildman–Crippen LogP) is 29.5. The summed E-state index contributed by atoms with van der Waals surface area (Å²) in [4.78, 5) is 39.0. The Hall–Kier alpha value is -17.0. The lowest BCUT2D eigenvalue weighted by atomic mass is 9.93. The summed E-state index contributed by atoms with van der Waals surface area (Å²) >= 11 is 0. The van der Waals surface area contributed by atoms with Crippen LogP contribution in [0.2, 0.25) is 0 Å². The fourth-order valence-corrected chi connectivity index (χ4v) is 17.0. The van der Waals surface area contributed by atoms with Crippen LogP contribution >= 0.6 is 0 Å². The molecule has 12 nitrogen and oxygen atoms in total. The molecule has 0 radical (unpaired) electrons. The quantitative estimate of drug-likeness (QED) is 0.102. The van der Waals surface area contributed by atoms with Gasteiger partial charge in [-0.1, -0.05) is 315 Å². The number of fused-ring (bicyclic) bond motifs is 12. The zero-order chi connectivity index (χ0) is 82.0. The van der Waals surface area contributed by atoms with Crippen LogP contribution in [0.15, 0.2) is 431 Å². The smallest absolute Gasteiger partial charge is 0.160 e. The molecule has 0 unspecified atom stereocenters. The molecule has 0 spiro atoms. The molecule has 12 heteroatoms. The van der Waals surface area contributed by atoms with E-state index in [1.54, 1.807) is 0 Å². The summed E-state index contributed by atoms with van der Waals surface area (Å²) in [5, 5.41) is 8.75. The van der Waals surface area contributed by atoms with Crippen LogP contribution in [0.4, 0.5) is 0 Å². The van der Waals surface area contributed by atoms with Crippen LogP contribution in [0.5, 0.6) is 0 Å². The number of rotatable bonds is 14. The first-order chi connectivity index (χ1) is 61.4. The molecule has 0 N–H and O–H groups in total. The molecule has 0 bridgehead atoms. The second-order valence-electron chi connectivity index (χ2n) is 30.8. The van der Waals surface area contributed by atoms with Crippen molar-refractivity contribution in [3.63, 3.8) is 0 Å². The minimum Gasteiger partial charge on any atom is -0.456 e. The van der Waals surface area contributed by atoms with Crippen molar-refractivity contribution in [3.05, 3.63) is 413 Å². The molecule has 124 heavy (non-hydrogen) atoms. The molecular weight excluding hydrogens is 1520 g/mol. The van der Waals surface area contributed by atoms with Crippen molar-refractivity contribution >= 4 is 87.8 Å². The van der Waals surface area contributed by atoms with Gasteiger partial charge in [0, 0.05) is 135 Å². The monoisotopic (exact) mass is 1590 g/mol. The minimum absolute atomic E-state index is 0.637. The van der Waals surface area contributed by atoms with Crippen molar-refractivity contribution in [3.8, 4) is 157 Å². The van der Waals surface area contributed by atoms with Gasteiger partial charge in [-0.2, -0.15) is 0 Å². The lowest BCUT2D eigenvalue weighted by Gasteiger charge is -2.11. The summed E-state index contributed by atoms with van der Waals surface area (Å²) in [6, 6.07) is 133. The van der Waals surface area contributed by atoms with Gasteiger partial charge in [-0.15, -0.1) is 0 Å². The predicted molar refractivity (Wildman–Crippen MR) is 500 cm³/mol. The Balaban J connectivity index is 0.000000143. The van der Waals surface area contributed by atoms with Crippen LogP contribution in [0.25, 0.3) is 245 Å². The van der Waals surface area contributed by atoms with Crippen LogP contribution in [0.1, 0.15) is 0 Å². The standard InChI is InChI=1S/2C56H34N4O2/c1-3-11-37(12-4-1)48-32-49(60-56(59-48)40-25-19-35(20-26-40)42-33-57-55(58-34-42)39-13-5-2-6-14-39)38-23-21-36(22-24-38)44-30-29-43(53-47-16-8-10-18-51(47)62-54(44)53)41-27-28-46-45-15-7-9-17-50(45)61-52(46)31-41;1-3-11-35(12-4-1)42-33-57-55(58-34-42)39-23-25-40(26-24-39)56-59-48(37-13-5-2-6-14-37)32-49(60-56)38-21-19-36(20-22-38)44-30-29-43(53-47-16-8-10-18-51(47)62-54(44)53)41-27-28-46-45-15-7-9-17-50(45)61-52(46)31-41/h2*1-34H. The van der Waals surface area contributed by atoms with Gasteiger partial charge in [0.1, 0.15) is 44.7 Å². The molecule has 0 fully saturated rings. The maximum atomic E-state index is 6.69. The third kappa shape index (κ3) is 13.4. The normalized spacial score (nSPS) is 11.5. The lowest BCUT2D eigenvalue weighted by molar-refractivity contribution is 0.668. The van der Waals surface area contributed by atoms with Crippen molar-refractivity contribution in [2.75, 3.05) is 0 Å². The van der Waals surface area contributed by atoms with Gasteiger partial charge in [0.25, 0.3) is 0 Å². The summed E-state index contributed by atoms with van der Waals surface area (Å²) in [6.45, 7) is 0. The number of hydrogen-bond donors (Lipinski definition) is 0. The molecule has 0 saturated heterocycles. The van der Waals surface area contributed by atoms with E-state index in [-0.39, 0.29) is 0 Å². The topological polar surface area (TPSA) is 156 Å². The Morgan fingerprint density at radius 3 is 0.798 bits per heavy atom. The van der Waals surface area contributed by atoms with Crippen molar-refractivity contribution < 1.29 is 17.7 Å². The van der Waals surface area contributed by atoms with Crippen LogP contribution in [0.3, 0.4) is 0 Å². The van der Waals surface area contributed by atoms with Gasteiger partial charge in [0.15, 0.2) is 23.3 Å². The van der Waals surface area contributed by atoms with Gasteiger partial charge < -0.3 is 17.7 Å². The molecule has 0 saturated carbocycles. The van der Waals surface area contributed by atoms with E-state index in [0.717, 1.165) is 222 Å². The van der Waals surface area contributed by atoms with E-state index < -0.39 is 0 Å². The van der Waals surface area contributed by atoms with Gasteiger partial charge in [-0.05, 0) is 117 Å². The molecule has 24 rings (SSSR count). The van der Waals surface area contributed by atoms with Gasteiger partial charge in [-0.25, -0.2) is 39.9 Å². The van der Waals surface area contributed by atoms with E-state index in [9.17, 15) is 0 Å². The Labute approximate surface area is 711 Å². The molecule has 0 aliphatic carbocycles. The number of para-hydroxylation sites is 4. The Morgan fingerprint density at radius 1 is 0.153 bits per heavy atom. The van der Waals surface area contributed by atoms with Gasteiger partial charge >= 0.3 is 0 Å². The average molecular weight is 1590 g/mol. The molecular formula is C112H68N8O4. The molecule has 0 amide bonds. The fourth-order valence-electron chi connectivity index (χ4n) is 17.0. The van der Waals surface area contributed by atoms with Crippen molar-refractivity contribution in [2.45, 2.75) is 0 Å². The van der Waals surface area contributed by atoms with Crippen molar-refractivity contribution in [2.24, 2.45) is 0 Å². The summed E-state index contributed by atoms with van der Waals surface area (Å²) in [5.74, 6) is 2.65. The first-order valence-electron chi connectivity index (χ1n) is 41.2. The zero-order valence-corrected chi connectivity index (χ0v) is 66.5. The molecule has 0 aliphatic heterocycles. The van der Waals surface area contributed by atoms with E-state index in [1.807, 2.05) is 195 Å². The van der Waals surface area contributed by atoms with Gasteiger partial charge in [0.2, 0.25) is 0 Å². The molecule has 16 aromatic carbocycles. The molecule has 8 aromatic heterocycles. The highest BCUT2D eigenvalue weighted by Gasteiger charge is 2.23. The largest absolute Gasteiger partial charge is 0.456 e. The zero-order valence-electron chi connectivity index (χ0n) is 66.5. The fraction of sp³-hybridized carbons (Fsp3) is 0. The third-order valence-electron chi connectivity index (χ3n) is 23.3. The van der Waals surface area contributed by atoms with Crippen LogP contribution < -0.4 is 0 Å². The summed E-state index contributed by atoms with van der Waals surface area (Å²) < 4.78 is 26.0. The molecule has 8 heterocycles. The second kappa shape index (κ2) is 30.8. The van der Waals surface area contributed by atoms with E-state index >= 15 is 0 Å². The highest BCUT2D eigenvalue weighted by molar-refractivity contribution is 6.19. The maximum absolute atomic E-state index is 6.69. The van der Waals surface area contributed by atoms with Crippen molar-refractivity contribution in [1.29, 1.82) is 0 Å². The Morgan fingerprint density at radius 2 is 0.411 bits per heavy atom.